The van der Waals surface area contributed by atoms with Gasteiger partial charge in [-0.15, -0.1) is 0 Å². The lowest BCUT2D eigenvalue weighted by Crippen LogP contribution is -2.57. The molecule has 0 bridgehead atoms. The van der Waals surface area contributed by atoms with Gasteiger partial charge in [-0.3, -0.25) is 0 Å². The Hall–Kier alpha value is -0.680. The molecule has 0 aromatic rings. The third-order valence-corrected chi connectivity index (χ3v) is 8.87. The van der Waals surface area contributed by atoms with Crippen molar-refractivity contribution in [1.29, 1.82) is 0 Å². The zero-order valence-electron chi connectivity index (χ0n) is 16.3. The van der Waals surface area contributed by atoms with Crippen LogP contribution in [-0.2, 0) is 4.84 Å². The number of hydrogen-bond acceptors (Lipinski definition) is 4. The van der Waals surface area contributed by atoms with Crippen LogP contribution in [0, 0.1) is 34.5 Å². The Morgan fingerprint density at radius 2 is 1.81 bits per heavy atom. The summed E-state index contributed by atoms with van der Waals surface area (Å²) in [4.78, 5) is 5.19. The second-order valence-corrected chi connectivity index (χ2v) is 9.81. The van der Waals surface area contributed by atoms with Crippen molar-refractivity contribution in [2.24, 2.45) is 45.4 Å². The highest BCUT2D eigenvalue weighted by Gasteiger charge is 2.61. The van der Waals surface area contributed by atoms with Crippen LogP contribution >= 0.6 is 0 Å². The van der Waals surface area contributed by atoms with Crippen molar-refractivity contribution in [3.8, 4) is 0 Å². The Bertz CT molecular complexity index is 570. The lowest BCUT2D eigenvalue weighted by Gasteiger charge is -2.60. The van der Waals surface area contributed by atoms with Crippen LogP contribution in [-0.4, -0.2) is 36.2 Å². The molecule has 0 amide bonds. The predicted molar refractivity (Wildman–Crippen MR) is 100 cm³/mol. The second kappa shape index (κ2) is 6.73. The lowest BCUT2D eigenvalue weighted by atomic mass is 9.45. The van der Waals surface area contributed by atoms with Gasteiger partial charge >= 0.3 is 0 Å². The number of nitrogens with zero attached hydrogens (tertiary/aromatic N) is 1. The van der Waals surface area contributed by atoms with Gasteiger partial charge < -0.3 is 15.7 Å². The number of oxime groups is 1. The zero-order valence-corrected chi connectivity index (χ0v) is 16.3. The standard InChI is InChI=1S/C21H35FN2O2/c1-20-10-8-17(24-26-12-11-23)19(22)16(20)4-3-13-14-5-6-18(25)21(14,2)9-7-15(13)20/h13-16,18-19,25H,3-12,23H2,1-2H3/t13-,14-,15+,16?,18?,19?,20+,21-/m0/s1. The van der Waals surface area contributed by atoms with Gasteiger partial charge in [-0.1, -0.05) is 19.0 Å². The fourth-order valence-corrected chi connectivity index (χ4v) is 7.35. The van der Waals surface area contributed by atoms with Crippen LogP contribution in [0.2, 0.25) is 0 Å². The summed E-state index contributed by atoms with van der Waals surface area (Å²) < 4.78 is 15.3. The molecule has 3 N–H and O–H groups in total. The minimum Gasteiger partial charge on any atom is -0.394 e. The molecule has 4 rings (SSSR count). The largest absolute Gasteiger partial charge is 0.394 e. The average molecular weight is 367 g/mol. The molecule has 3 unspecified atom stereocenters. The monoisotopic (exact) mass is 366 g/mol. The molecule has 0 saturated heterocycles. The summed E-state index contributed by atoms with van der Waals surface area (Å²) in [5.74, 6) is 1.93. The highest BCUT2D eigenvalue weighted by molar-refractivity contribution is 5.89. The van der Waals surface area contributed by atoms with E-state index in [2.05, 4.69) is 19.0 Å². The number of fused-ring (bicyclic) bond motifs is 5. The summed E-state index contributed by atoms with van der Waals surface area (Å²) in [6, 6.07) is 0. The number of hydrogen-bond donors (Lipinski definition) is 2. The van der Waals surface area contributed by atoms with Gasteiger partial charge in [-0.05, 0) is 80.0 Å². The molecule has 4 aliphatic carbocycles. The SMILES string of the molecule is C[C@]12CCC(=NOCCN)C(F)C1CC[C@@H]1[C@H]2CC[C@]2(C)C(O)CC[C@@H]12. The van der Waals surface area contributed by atoms with Gasteiger partial charge in [-0.2, -0.15) is 0 Å². The Morgan fingerprint density at radius 1 is 1.08 bits per heavy atom. The van der Waals surface area contributed by atoms with Crippen molar-refractivity contribution < 1.29 is 14.3 Å². The maximum Gasteiger partial charge on any atom is 0.145 e. The normalized spacial score (nSPS) is 52.3. The van der Waals surface area contributed by atoms with Gasteiger partial charge in [0.1, 0.15) is 12.8 Å². The van der Waals surface area contributed by atoms with Crippen LogP contribution in [0.4, 0.5) is 4.39 Å². The third kappa shape index (κ3) is 2.64. The van der Waals surface area contributed by atoms with Crippen LogP contribution in [0.1, 0.15) is 65.2 Å². The van der Waals surface area contributed by atoms with E-state index in [0.29, 0.717) is 43.0 Å². The maximum absolute atomic E-state index is 15.3. The van der Waals surface area contributed by atoms with Gasteiger partial charge in [0.25, 0.3) is 0 Å². The maximum atomic E-state index is 15.3. The molecule has 4 nitrogen and oxygen atoms in total. The van der Waals surface area contributed by atoms with Gasteiger partial charge in [0, 0.05) is 12.5 Å². The minimum absolute atomic E-state index is 0.0596. The van der Waals surface area contributed by atoms with Crippen molar-refractivity contribution in [2.75, 3.05) is 13.2 Å². The third-order valence-electron chi connectivity index (χ3n) is 8.87. The molecule has 0 heterocycles. The van der Waals surface area contributed by atoms with Crippen LogP contribution in [0.15, 0.2) is 5.16 Å². The number of alkyl halides is 1. The predicted octanol–water partition coefficient (Wildman–Crippen LogP) is 3.67. The molecule has 0 aliphatic heterocycles. The van der Waals surface area contributed by atoms with E-state index in [9.17, 15) is 5.11 Å². The Kier molecular flexibility index (Phi) is 4.84. The molecule has 0 aromatic heterocycles. The molecular weight excluding hydrogens is 331 g/mol. The van der Waals surface area contributed by atoms with Crippen LogP contribution < -0.4 is 5.73 Å². The van der Waals surface area contributed by atoms with E-state index in [1.165, 1.54) is 0 Å². The Morgan fingerprint density at radius 3 is 2.58 bits per heavy atom. The van der Waals surface area contributed by atoms with Gasteiger partial charge in [0.05, 0.1) is 11.8 Å². The van der Waals surface area contributed by atoms with E-state index < -0.39 is 6.17 Å². The smallest absolute Gasteiger partial charge is 0.145 e. The average Bonchev–Trinajstić information content (AvgIpc) is 2.92. The molecule has 26 heavy (non-hydrogen) atoms. The van der Waals surface area contributed by atoms with E-state index in [1.54, 1.807) is 0 Å². The van der Waals surface area contributed by atoms with E-state index in [-0.39, 0.29) is 22.9 Å². The quantitative estimate of drug-likeness (QED) is 0.591. The van der Waals surface area contributed by atoms with Gasteiger partial charge in [-0.25, -0.2) is 4.39 Å². The molecule has 4 aliphatic rings. The molecule has 0 radical (unpaired) electrons. The van der Waals surface area contributed by atoms with E-state index in [4.69, 9.17) is 10.6 Å². The van der Waals surface area contributed by atoms with Crippen molar-refractivity contribution in [1.82, 2.24) is 0 Å². The fraction of sp³-hybridized carbons (Fsp3) is 0.952. The molecule has 8 atom stereocenters. The summed E-state index contributed by atoms with van der Waals surface area (Å²) in [6.45, 7) is 5.40. The Balaban J connectivity index is 1.54. The first-order valence-corrected chi connectivity index (χ1v) is 10.6. The summed E-state index contributed by atoms with van der Waals surface area (Å²) in [6.07, 6.45) is 6.98. The van der Waals surface area contributed by atoms with E-state index in [0.717, 1.165) is 44.9 Å². The molecular formula is C21H35FN2O2. The number of nitrogens with two attached hydrogens (primary N) is 1. The molecule has 5 heteroatoms. The molecule has 4 fully saturated rings. The highest BCUT2D eigenvalue weighted by Crippen LogP contribution is 2.66. The van der Waals surface area contributed by atoms with E-state index in [1.807, 2.05) is 0 Å². The van der Waals surface area contributed by atoms with Crippen LogP contribution in [0.25, 0.3) is 0 Å². The number of aliphatic hydroxyl groups is 1. The molecule has 0 aromatic carbocycles. The van der Waals surface area contributed by atoms with Crippen LogP contribution in [0.3, 0.4) is 0 Å². The molecule has 0 spiro atoms. The highest BCUT2D eigenvalue weighted by atomic mass is 19.1. The summed E-state index contributed by atoms with van der Waals surface area (Å²) in [5, 5.41) is 14.6. The number of aliphatic hydroxyl groups excluding tert-OH is 1. The summed E-state index contributed by atoms with van der Waals surface area (Å²) >= 11 is 0. The first-order chi connectivity index (χ1) is 12.4. The number of halogens is 1. The zero-order chi connectivity index (χ0) is 18.5. The van der Waals surface area contributed by atoms with Crippen molar-refractivity contribution >= 4 is 5.71 Å². The summed E-state index contributed by atoms with van der Waals surface area (Å²) in [7, 11) is 0. The van der Waals surface area contributed by atoms with Gasteiger partial charge in [0.15, 0.2) is 0 Å². The fourth-order valence-electron chi connectivity index (χ4n) is 7.35. The first kappa shape index (κ1) is 18.7. The lowest BCUT2D eigenvalue weighted by molar-refractivity contribution is -0.123. The number of rotatable bonds is 3. The molecule has 4 saturated carbocycles. The Labute approximate surface area is 156 Å². The van der Waals surface area contributed by atoms with Crippen molar-refractivity contribution in [2.45, 2.75) is 77.5 Å². The van der Waals surface area contributed by atoms with E-state index >= 15 is 4.39 Å². The van der Waals surface area contributed by atoms with Crippen LogP contribution in [0.5, 0.6) is 0 Å². The topological polar surface area (TPSA) is 67.8 Å². The van der Waals surface area contributed by atoms with Crippen molar-refractivity contribution in [3.05, 3.63) is 0 Å². The summed E-state index contributed by atoms with van der Waals surface area (Å²) in [5.41, 5.74) is 6.18. The van der Waals surface area contributed by atoms with Gasteiger partial charge in [0.2, 0.25) is 0 Å². The second-order valence-electron chi connectivity index (χ2n) is 9.81. The minimum atomic E-state index is -0.977. The molecule has 148 valence electrons. The first-order valence-electron chi connectivity index (χ1n) is 10.6. The van der Waals surface area contributed by atoms with Crippen molar-refractivity contribution in [3.63, 3.8) is 0 Å².